The van der Waals surface area contributed by atoms with E-state index in [1.807, 2.05) is 13.8 Å². The second-order valence-corrected chi connectivity index (χ2v) is 16.4. The van der Waals surface area contributed by atoms with Crippen molar-refractivity contribution < 1.29 is 19.1 Å². The van der Waals surface area contributed by atoms with Crippen molar-refractivity contribution in [1.82, 2.24) is 19.4 Å². The zero-order valence-electron chi connectivity index (χ0n) is 34.2. The number of nitrogens with two attached hydrogens (primary N) is 2. The first-order chi connectivity index (χ1) is 27.7. The number of nitriles is 1. The van der Waals surface area contributed by atoms with E-state index >= 15 is 0 Å². The number of hydrogen-bond donors (Lipinski definition) is 3. The van der Waals surface area contributed by atoms with Crippen LogP contribution in [0.2, 0.25) is 0 Å². The number of rotatable bonds is 11. The maximum Gasteiger partial charge on any atom is 0.308 e. The number of piperidine rings is 2. The fourth-order valence-corrected chi connectivity index (χ4v) is 9.02. The highest BCUT2D eigenvalue weighted by molar-refractivity contribution is 9.12. The minimum absolute atomic E-state index is 0.0309. The predicted molar refractivity (Wildman–Crippen MR) is 231 cm³/mol. The molecule has 0 amide bonds. The number of esters is 2. The molecule has 57 heavy (non-hydrogen) atoms. The number of likely N-dealkylation sites (tertiary alicyclic amines) is 2. The van der Waals surface area contributed by atoms with Gasteiger partial charge < -0.3 is 30.8 Å². The van der Waals surface area contributed by atoms with Crippen LogP contribution in [0, 0.1) is 22.1 Å². The number of halogens is 1. The maximum absolute atomic E-state index is 12.0. The van der Waals surface area contributed by atoms with Gasteiger partial charge in [0.2, 0.25) is 5.95 Å². The van der Waals surface area contributed by atoms with Crippen LogP contribution in [0.4, 0.5) is 17.3 Å². The second-order valence-electron chi connectivity index (χ2n) is 16.0. The Kier molecular flexibility index (Phi) is 17.8. The number of nitrogens with one attached hydrogen (secondary N) is 1. The van der Waals surface area contributed by atoms with Crippen molar-refractivity contribution in [2.24, 2.45) is 11.8 Å². The third-order valence-electron chi connectivity index (χ3n) is 12.0. The Labute approximate surface area is 348 Å². The number of nitrogen functional groups attached to an aromatic ring is 2. The number of carbonyl (C=O) groups is 2. The van der Waals surface area contributed by atoms with Crippen LogP contribution in [0.3, 0.4) is 0 Å². The van der Waals surface area contributed by atoms with Crippen LogP contribution >= 0.6 is 15.9 Å². The number of imidazole rings is 1. The summed E-state index contributed by atoms with van der Waals surface area (Å²) in [5.41, 5.74) is 19.2. The van der Waals surface area contributed by atoms with Gasteiger partial charge in [0.05, 0.1) is 47.5 Å². The Hall–Kier alpha value is -3.86. The lowest BCUT2D eigenvalue weighted by atomic mass is 9.86. The van der Waals surface area contributed by atoms with Gasteiger partial charge in [-0.15, -0.1) is 0 Å². The van der Waals surface area contributed by atoms with Gasteiger partial charge in [-0.1, -0.05) is 25.0 Å². The van der Waals surface area contributed by atoms with Crippen LogP contribution < -0.4 is 16.8 Å². The summed E-state index contributed by atoms with van der Waals surface area (Å²) in [6.07, 6.45) is 15.3. The third-order valence-corrected chi connectivity index (χ3v) is 12.0. The lowest BCUT2D eigenvalue weighted by molar-refractivity contribution is -0.150. The molecule has 4 fully saturated rings. The summed E-state index contributed by atoms with van der Waals surface area (Å²) in [4.78, 5) is 35.1. The lowest BCUT2D eigenvalue weighted by Crippen LogP contribution is -2.30. The molecule has 2 saturated heterocycles. The van der Waals surface area contributed by atoms with Gasteiger partial charge in [-0.05, 0) is 152 Å². The standard InChI is InChI=1S/C22H32N4O2.C21H33N3O2.CBrN/c1-2-28-21(27)17-7-9-18(10-8-17)26-20-11-6-16(14-19(20)24-22(26)23)15-25-12-4-3-5-13-25;1-2-26-21(25)17-7-9-18(10-8-17)23-20-11-6-16(14-19(20)22)15-24-12-4-3-5-13-24;2-1-3/h6,11,14,17-18H,2-5,7-10,12-13,15H2,1H3,(H2,23,24);6,11,14,17-18,23H,2-5,7-10,12-13,15,22H2,1H3;. The summed E-state index contributed by atoms with van der Waals surface area (Å²) in [5.74, 6) is 0.602. The number of carbonyl (C=O) groups excluding carboxylic acids is 2. The summed E-state index contributed by atoms with van der Waals surface area (Å²) >= 11 is 2.45. The quantitative estimate of drug-likeness (QED) is 0.125. The number of ether oxygens (including phenoxy) is 2. The average molecular weight is 850 g/mol. The molecule has 2 aliphatic carbocycles. The molecule has 2 aliphatic heterocycles. The normalized spacial score (nSPS) is 22.8. The lowest BCUT2D eigenvalue weighted by Gasteiger charge is -2.29. The summed E-state index contributed by atoms with van der Waals surface area (Å²) in [7, 11) is 0. The summed E-state index contributed by atoms with van der Waals surface area (Å²) in [6.45, 7) is 11.4. The third kappa shape index (κ3) is 13.1. The zero-order valence-corrected chi connectivity index (χ0v) is 35.8. The number of fused-ring (bicyclic) bond motifs is 1. The molecule has 13 heteroatoms. The van der Waals surface area contributed by atoms with Gasteiger partial charge in [-0.2, -0.15) is 5.26 Å². The van der Waals surface area contributed by atoms with E-state index in [9.17, 15) is 9.59 Å². The minimum atomic E-state index is -0.0493. The van der Waals surface area contributed by atoms with Gasteiger partial charge >= 0.3 is 11.9 Å². The van der Waals surface area contributed by atoms with Crippen LogP contribution in [0.15, 0.2) is 36.4 Å². The van der Waals surface area contributed by atoms with Crippen LogP contribution in [0.25, 0.3) is 11.0 Å². The van der Waals surface area contributed by atoms with Crippen molar-refractivity contribution in [3.8, 4) is 4.98 Å². The van der Waals surface area contributed by atoms with E-state index in [0.717, 1.165) is 86.9 Å². The highest BCUT2D eigenvalue weighted by atomic mass is 79.9. The minimum Gasteiger partial charge on any atom is -0.466 e. The molecule has 2 aromatic carbocycles. The van der Waals surface area contributed by atoms with Gasteiger partial charge in [-0.3, -0.25) is 19.4 Å². The first-order valence-electron chi connectivity index (χ1n) is 21.4. The maximum atomic E-state index is 12.0. The Balaban J connectivity index is 0.000000204. The smallest absolute Gasteiger partial charge is 0.308 e. The molecule has 312 valence electrons. The topological polar surface area (TPSA) is 165 Å². The molecular formula is C44H65BrN8O4. The molecule has 3 aromatic rings. The first kappa shape index (κ1) is 44.2. The van der Waals surface area contributed by atoms with Crippen LogP contribution in [-0.4, -0.2) is 76.7 Å². The molecule has 2 saturated carbocycles. The average Bonchev–Trinajstić information content (AvgIpc) is 3.55. The molecule has 4 aliphatic rings. The molecule has 12 nitrogen and oxygen atoms in total. The van der Waals surface area contributed by atoms with E-state index in [-0.39, 0.29) is 23.8 Å². The Morgan fingerprint density at radius 3 is 1.77 bits per heavy atom. The molecule has 0 unspecified atom stereocenters. The van der Waals surface area contributed by atoms with E-state index in [2.05, 4.69) is 77.0 Å². The molecule has 3 heterocycles. The van der Waals surface area contributed by atoms with E-state index < -0.39 is 0 Å². The Morgan fingerprint density at radius 1 is 0.772 bits per heavy atom. The molecule has 0 atom stereocenters. The SMILES string of the molecule is CCOC(=O)C1CCC(Nc2ccc(CN3CCCCC3)cc2N)CC1.CCOC(=O)C1CCC(n2c(N)nc3cc(CN4CCCCC4)ccc32)CC1.N#CBr. The molecule has 0 radical (unpaired) electrons. The monoisotopic (exact) mass is 848 g/mol. The van der Waals surface area contributed by atoms with Gasteiger partial charge in [0.15, 0.2) is 0 Å². The molecule has 5 N–H and O–H groups in total. The molecule has 7 rings (SSSR count). The van der Waals surface area contributed by atoms with E-state index in [4.69, 9.17) is 26.2 Å². The highest BCUT2D eigenvalue weighted by Gasteiger charge is 2.30. The number of benzene rings is 2. The summed E-state index contributed by atoms with van der Waals surface area (Å²) < 4.78 is 12.5. The second kappa shape index (κ2) is 22.9. The van der Waals surface area contributed by atoms with Crippen molar-refractivity contribution in [2.45, 2.75) is 129 Å². The van der Waals surface area contributed by atoms with E-state index in [0.29, 0.717) is 31.2 Å². The van der Waals surface area contributed by atoms with Crippen LogP contribution in [0.5, 0.6) is 0 Å². The fourth-order valence-electron chi connectivity index (χ4n) is 9.02. The van der Waals surface area contributed by atoms with Crippen molar-refractivity contribution in [1.29, 1.82) is 5.26 Å². The van der Waals surface area contributed by atoms with Crippen molar-refractivity contribution in [3.05, 3.63) is 47.5 Å². The van der Waals surface area contributed by atoms with Gasteiger partial charge in [-0.25, -0.2) is 4.98 Å². The van der Waals surface area contributed by atoms with Crippen molar-refractivity contribution in [3.63, 3.8) is 0 Å². The predicted octanol–water partition coefficient (Wildman–Crippen LogP) is 8.55. The number of anilines is 3. The first-order valence-corrected chi connectivity index (χ1v) is 22.2. The van der Waals surface area contributed by atoms with E-state index in [1.165, 1.54) is 75.8 Å². The number of aromatic nitrogens is 2. The molecule has 0 spiro atoms. The van der Waals surface area contributed by atoms with Crippen LogP contribution in [0.1, 0.15) is 121 Å². The Morgan fingerprint density at radius 2 is 1.26 bits per heavy atom. The van der Waals surface area contributed by atoms with E-state index in [1.54, 1.807) is 4.98 Å². The Bertz CT molecular complexity index is 1750. The molecular weight excluding hydrogens is 784 g/mol. The van der Waals surface area contributed by atoms with Gasteiger partial charge in [0.1, 0.15) is 4.98 Å². The summed E-state index contributed by atoms with van der Waals surface area (Å²) in [5, 5.41) is 10.8. The summed E-state index contributed by atoms with van der Waals surface area (Å²) in [6, 6.07) is 13.7. The highest BCUT2D eigenvalue weighted by Crippen LogP contribution is 2.37. The zero-order chi connectivity index (χ0) is 40.6. The molecule has 0 bridgehead atoms. The molecule has 1 aromatic heterocycles. The van der Waals surface area contributed by atoms with Gasteiger partial charge in [0.25, 0.3) is 0 Å². The van der Waals surface area contributed by atoms with Crippen molar-refractivity contribution >= 4 is 56.2 Å². The largest absolute Gasteiger partial charge is 0.466 e. The number of nitrogens with zero attached hydrogens (tertiary/aromatic N) is 5. The van der Waals surface area contributed by atoms with Gasteiger partial charge in [0, 0.05) is 41.1 Å². The van der Waals surface area contributed by atoms with Crippen molar-refractivity contribution in [2.75, 3.05) is 56.2 Å². The number of hydrogen-bond acceptors (Lipinski definition) is 11. The van der Waals surface area contributed by atoms with Crippen LogP contribution in [-0.2, 0) is 32.2 Å². The fraction of sp³-hybridized carbons (Fsp3) is 0.636.